The molecule has 1 aromatic carbocycles. The molecular weight excluding hydrogens is 294 g/mol. The van der Waals surface area contributed by atoms with Crippen molar-refractivity contribution in [3.05, 3.63) is 24.3 Å². The molecule has 116 valence electrons. The summed E-state index contributed by atoms with van der Waals surface area (Å²) in [5.41, 5.74) is -0.449. The molecule has 0 aromatic heterocycles. The fraction of sp³-hybridized carbons (Fsp3) is 0.429. The van der Waals surface area contributed by atoms with Gasteiger partial charge < -0.3 is 14.9 Å². The molecule has 0 radical (unpaired) electrons. The third kappa shape index (κ3) is 4.86. The molecule has 0 fully saturated rings. The number of carboxylic acids is 1. The van der Waals surface area contributed by atoms with Crippen molar-refractivity contribution in [2.45, 2.75) is 32.4 Å². The molecule has 0 saturated heterocycles. The number of rotatable bonds is 4. The first kappa shape index (κ1) is 17.2. The first-order valence-electron chi connectivity index (χ1n) is 6.30. The van der Waals surface area contributed by atoms with E-state index in [2.05, 4.69) is 12.6 Å². The molecular formula is C14H19NO5S. The molecule has 0 aliphatic carbocycles. The van der Waals surface area contributed by atoms with Crippen molar-refractivity contribution < 1.29 is 24.5 Å². The third-order valence-corrected chi connectivity index (χ3v) is 2.83. The Balaban J connectivity index is 3.19. The van der Waals surface area contributed by atoms with Crippen LogP contribution in [0.25, 0.3) is 0 Å². The molecule has 0 aliphatic rings. The van der Waals surface area contributed by atoms with Crippen molar-refractivity contribution in [3.8, 4) is 5.75 Å². The number of aliphatic carboxylic acids is 1. The number of thiol groups is 1. The molecule has 1 rings (SSSR count). The molecule has 7 heteroatoms. The topological polar surface area (TPSA) is 87.1 Å². The number of carboxylic acid groups (broad SMARTS) is 1. The number of phenols is 1. The number of hydrogen-bond acceptors (Lipinski definition) is 5. The number of anilines is 1. The minimum absolute atomic E-state index is 0.0145. The Kier molecular flexibility index (Phi) is 5.48. The zero-order valence-electron chi connectivity index (χ0n) is 12.1. The lowest BCUT2D eigenvalue weighted by molar-refractivity contribution is -0.138. The van der Waals surface area contributed by atoms with Crippen LogP contribution in [0.1, 0.15) is 20.8 Å². The van der Waals surface area contributed by atoms with E-state index < -0.39 is 23.7 Å². The van der Waals surface area contributed by atoms with Crippen LogP contribution in [0.5, 0.6) is 5.75 Å². The van der Waals surface area contributed by atoms with Crippen LogP contribution in [0.4, 0.5) is 10.5 Å². The van der Waals surface area contributed by atoms with Crippen LogP contribution in [0.3, 0.4) is 0 Å². The number of nitrogens with zero attached hydrogens (tertiary/aromatic N) is 1. The summed E-state index contributed by atoms with van der Waals surface area (Å²) in [6.07, 6.45) is -0.783. The Morgan fingerprint density at radius 2 is 1.81 bits per heavy atom. The van der Waals surface area contributed by atoms with Gasteiger partial charge in [0.2, 0.25) is 0 Å². The van der Waals surface area contributed by atoms with E-state index in [9.17, 15) is 19.8 Å². The van der Waals surface area contributed by atoms with Gasteiger partial charge >= 0.3 is 12.1 Å². The summed E-state index contributed by atoms with van der Waals surface area (Å²) in [4.78, 5) is 24.6. The maximum Gasteiger partial charge on any atom is 0.415 e. The van der Waals surface area contributed by atoms with Crippen LogP contribution in [0.15, 0.2) is 24.3 Å². The molecule has 0 heterocycles. The van der Waals surface area contributed by atoms with Gasteiger partial charge in [-0.1, -0.05) is 0 Å². The number of hydrogen-bond donors (Lipinski definition) is 3. The van der Waals surface area contributed by atoms with Gasteiger partial charge in [0.05, 0.1) is 0 Å². The number of amides is 1. The number of aromatic hydroxyl groups is 1. The van der Waals surface area contributed by atoms with Gasteiger partial charge in [0.1, 0.15) is 17.4 Å². The van der Waals surface area contributed by atoms with Crippen LogP contribution in [0.2, 0.25) is 0 Å². The van der Waals surface area contributed by atoms with Gasteiger partial charge in [-0.15, -0.1) is 0 Å². The molecule has 21 heavy (non-hydrogen) atoms. The Hall–Kier alpha value is -1.89. The summed E-state index contributed by atoms with van der Waals surface area (Å²) in [5, 5.41) is 18.6. The molecule has 0 saturated carbocycles. The van der Waals surface area contributed by atoms with Crippen molar-refractivity contribution in [1.82, 2.24) is 0 Å². The van der Waals surface area contributed by atoms with Crippen LogP contribution in [-0.2, 0) is 9.53 Å². The lowest BCUT2D eigenvalue weighted by Gasteiger charge is -2.30. The summed E-state index contributed by atoms with van der Waals surface area (Å²) >= 11 is 3.99. The van der Waals surface area contributed by atoms with Crippen molar-refractivity contribution in [2.24, 2.45) is 0 Å². The lowest BCUT2D eigenvalue weighted by atomic mass is 10.2. The van der Waals surface area contributed by atoms with Gasteiger partial charge in [0.25, 0.3) is 0 Å². The molecule has 6 nitrogen and oxygen atoms in total. The monoisotopic (exact) mass is 313 g/mol. The van der Waals surface area contributed by atoms with E-state index in [1.165, 1.54) is 24.3 Å². The highest BCUT2D eigenvalue weighted by molar-refractivity contribution is 7.80. The van der Waals surface area contributed by atoms with E-state index in [1.807, 2.05) is 0 Å². The van der Waals surface area contributed by atoms with E-state index in [0.29, 0.717) is 5.69 Å². The fourth-order valence-corrected chi connectivity index (χ4v) is 1.93. The predicted octanol–water partition coefficient (Wildman–Crippen LogP) is 2.52. The highest BCUT2D eigenvalue weighted by Crippen LogP contribution is 2.24. The summed E-state index contributed by atoms with van der Waals surface area (Å²) in [7, 11) is 0. The van der Waals surface area contributed by atoms with E-state index in [4.69, 9.17) is 4.74 Å². The largest absolute Gasteiger partial charge is 0.508 e. The Labute approximate surface area is 128 Å². The number of carbonyl (C=O) groups excluding carboxylic acids is 1. The SMILES string of the molecule is CC(C)(C)OC(=O)N(c1ccc(O)cc1)[C@H](CS)C(=O)O. The van der Waals surface area contributed by atoms with Crippen LogP contribution in [0, 0.1) is 0 Å². The number of phenolic OH excluding ortho intramolecular Hbond substituents is 1. The summed E-state index contributed by atoms with van der Waals surface area (Å²) in [6, 6.07) is 4.44. The van der Waals surface area contributed by atoms with Crippen LogP contribution >= 0.6 is 12.6 Å². The van der Waals surface area contributed by atoms with Crippen molar-refractivity contribution in [3.63, 3.8) is 0 Å². The summed E-state index contributed by atoms with van der Waals surface area (Å²) in [5.74, 6) is -1.25. The molecule has 2 N–H and O–H groups in total. The van der Waals surface area contributed by atoms with E-state index in [-0.39, 0.29) is 11.5 Å². The van der Waals surface area contributed by atoms with Crippen molar-refractivity contribution in [2.75, 3.05) is 10.7 Å². The van der Waals surface area contributed by atoms with Crippen LogP contribution < -0.4 is 4.90 Å². The molecule has 0 spiro atoms. The second kappa shape index (κ2) is 6.71. The molecule has 0 unspecified atom stereocenters. The molecule has 0 bridgehead atoms. The smallest absolute Gasteiger partial charge is 0.415 e. The molecule has 1 aromatic rings. The average molecular weight is 313 g/mol. The predicted molar refractivity (Wildman–Crippen MR) is 82.1 cm³/mol. The maximum atomic E-state index is 12.3. The highest BCUT2D eigenvalue weighted by atomic mass is 32.1. The second-order valence-electron chi connectivity index (χ2n) is 5.40. The van der Waals surface area contributed by atoms with Gasteiger partial charge in [-0.25, -0.2) is 9.59 Å². The summed E-state index contributed by atoms with van der Waals surface area (Å²) in [6.45, 7) is 5.07. The number of carbonyl (C=O) groups is 2. The normalized spacial score (nSPS) is 12.6. The Morgan fingerprint density at radius 3 is 2.19 bits per heavy atom. The average Bonchev–Trinajstić information content (AvgIpc) is 2.34. The minimum atomic E-state index is -1.19. The van der Waals surface area contributed by atoms with Gasteiger partial charge in [-0.05, 0) is 45.0 Å². The number of benzene rings is 1. The second-order valence-corrected chi connectivity index (χ2v) is 5.77. The molecule has 1 atom stereocenters. The van der Waals surface area contributed by atoms with E-state index in [1.54, 1.807) is 20.8 Å². The molecule has 1 amide bonds. The van der Waals surface area contributed by atoms with Gasteiger partial charge in [0.15, 0.2) is 0 Å². The van der Waals surface area contributed by atoms with Gasteiger partial charge in [-0.2, -0.15) is 12.6 Å². The quantitative estimate of drug-likeness (QED) is 0.744. The lowest BCUT2D eigenvalue weighted by Crippen LogP contribution is -2.48. The van der Waals surface area contributed by atoms with E-state index >= 15 is 0 Å². The maximum absolute atomic E-state index is 12.3. The Morgan fingerprint density at radius 1 is 1.29 bits per heavy atom. The van der Waals surface area contributed by atoms with Crippen molar-refractivity contribution >= 4 is 30.4 Å². The Bertz CT molecular complexity index is 509. The van der Waals surface area contributed by atoms with Gasteiger partial charge in [0, 0.05) is 11.4 Å². The van der Waals surface area contributed by atoms with Crippen molar-refractivity contribution in [1.29, 1.82) is 0 Å². The first-order valence-corrected chi connectivity index (χ1v) is 6.94. The standard InChI is InChI=1S/C14H19NO5S/c1-14(2,3)20-13(19)15(11(8-21)12(17)18)9-4-6-10(16)7-5-9/h4-7,11,16,21H,8H2,1-3H3,(H,17,18)/t11-/m1/s1. The fourth-order valence-electron chi connectivity index (χ4n) is 1.61. The minimum Gasteiger partial charge on any atom is -0.508 e. The highest BCUT2D eigenvalue weighted by Gasteiger charge is 2.33. The first-order chi connectivity index (χ1) is 9.65. The van der Waals surface area contributed by atoms with Gasteiger partial charge in [-0.3, -0.25) is 4.90 Å². The number of ether oxygens (including phenoxy) is 1. The molecule has 0 aliphatic heterocycles. The van der Waals surface area contributed by atoms with E-state index in [0.717, 1.165) is 4.90 Å². The zero-order valence-corrected chi connectivity index (χ0v) is 13.0. The third-order valence-electron chi connectivity index (χ3n) is 2.49. The summed E-state index contributed by atoms with van der Waals surface area (Å²) < 4.78 is 5.24. The van der Waals surface area contributed by atoms with Crippen LogP contribution in [-0.4, -0.2) is 39.7 Å². The zero-order chi connectivity index (χ0) is 16.2.